The van der Waals surface area contributed by atoms with Gasteiger partial charge in [0.25, 0.3) is 0 Å². The molecule has 0 saturated heterocycles. The molecule has 2 unspecified atom stereocenters. The van der Waals surface area contributed by atoms with Crippen molar-refractivity contribution in [3.63, 3.8) is 0 Å². The SMILES string of the molecule is CCC(C)C(CN)NC(=O)CCc1nc2ccc(C(C)C)cc2s1.CNC(N)=O. The molecule has 0 saturated carbocycles. The van der Waals surface area contributed by atoms with Crippen LogP contribution in [-0.4, -0.2) is 36.6 Å². The Labute approximate surface area is 177 Å². The van der Waals surface area contributed by atoms with Gasteiger partial charge in [0, 0.05) is 32.5 Å². The molecule has 2 aromatic rings. The number of carbonyl (C=O) groups is 2. The lowest BCUT2D eigenvalue weighted by Gasteiger charge is -2.22. The topological polar surface area (TPSA) is 123 Å². The molecule has 8 heteroatoms. The lowest BCUT2D eigenvalue weighted by atomic mass is 9.99. The van der Waals surface area contributed by atoms with E-state index in [1.807, 2.05) is 0 Å². The van der Waals surface area contributed by atoms with Crippen molar-refractivity contribution in [2.24, 2.45) is 17.4 Å². The molecule has 7 nitrogen and oxygen atoms in total. The molecule has 0 spiro atoms. The van der Waals surface area contributed by atoms with Crippen molar-refractivity contribution in [3.8, 4) is 0 Å². The first-order chi connectivity index (χ1) is 13.7. The molecule has 0 aliphatic rings. The summed E-state index contributed by atoms with van der Waals surface area (Å²) < 4.78 is 1.20. The lowest BCUT2D eigenvalue weighted by molar-refractivity contribution is -0.122. The highest BCUT2D eigenvalue weighted by Crippen LogP contribution is 2.26. The third-order valence-electron chi connectivity index (χ3n) is 4.87. The van der Waals surface area contributed by atoms with Crippen LogP contribution < -0.4 is 22.1 Å². The van der Waals surface area contributed by atoms with Crippen molar-refractivity contribution < 1.29 is 9.59 Å². The number of benzene rings is 1. The van der Waals surface area contributed by atoms with E-state index in [1.54, 1.807) is 11.3 Å². The van der Waals surface area contributed by atoms with Crippen molar-refractivity contribution in [1.29, 1.82) is 0 Å². The summed E-state index contributed by atoms with van der Waals surface area (Å²) in [7, 11) is 1.47. The highest BCUT2D eigenvalue weighted by molar-refractivity contribution is 7.18. The minimum absolute atomic E-state index is 0.0615. The minimum Gasteiger partial charge on any atom is -0.352 e. The summed E-state index contributed by atoms with van der Waals surface area (Å²) in [6.07, 6.45) is 2.15. The second-order valence-corrected chi connectivity index (χ2v) is 8.51. The molecular formula is C21H35N5O2S. The molecule has 1 aromatic heterocycles. The number of fused-ring (bicyclic) bond motifs is 1. The monoisotopic (exact) mass is 421 g/mol. The zero-order chi connectivity index (χ0) is 22.0. The zero-order valence-electron chi connectivity index (χ0n) is 18.1. The molecular weight excluding hydrogens is 386 g/mol. The van der Waals surface area contributed by atoms with E-state index in [0.29, 0.717) is 31.2 Å². The number of aryl methyl sites for hydroxylation is 1. The van der Waals surface area contributed by atoms with Gasteiger partial charge in [0.2, 0.25) is 5.91 Å². The Morgan fingerprint density at radius 1 is 1.24 bits per heavy atom. The van der Waals surface area contributed by atoms with E-state index in [0.717, 1.165) is 16.9 Å². The van der Waals surface area contributed by atoms with Gasteiger partial charge < -0.3 is 22.1 Å². The predicted molar refractivity (Wildman–Crippen MR) is 121 cm³/mol. The number of nitrogens with one attached hydrogen (secondary N) is 2. The van der Waals surface area contributed by atoms with Gasteiger partial charge in [-0.05, 0) is 29.5 Å². The number of thiazole rings is 1. The Hall–Kier alpha value is -2.19. The van der Waals surface area contributed by atoms with Crippen molar-refractivity contribution >= 4 is 33.5 Å². The maximum atomic E-state index is 12.2. The lowest BCUT2D eigenvalue weighted by Crippen LogP contribution is -2.44. The maximum absolute atomic E-state index is 12.2. The molecule has 6 N–H and O–H groups in total. The molecule has 2 atom stereocenters. The van der Waals surface area contributed by atoms with Crippen LogP contribution in [0.4, 0.5) is 4.79 Å². The number of urea groups is 1. The average molecular weight is 422 g/mol. The van der Waals surface area contributed by atoms with E-state index >= 15 is 0 Å². The van der Waals surface area contributed by atoms with Gasteiger partial charge in [-0.3, -0.25) is 4.79 Å². The van der Waals surface area contributed by atoms with Gasteiger partial charge in [-0.2, -0.15) is 0 Å². The van der Waals surface area contributed by atoms with E-state index in [2.05, 4.69) is 67.2 Å². The van der Waals surface area contributed by atoms with Gasteiger partial charge in [-0.1, -0.05) is 40.2 Å². The van der Waals surface area contributed by atoms with Gasteiger partial charge in [-0.25, -0.2) is 9.78 Å². The summed E-state index contributed by atoms with van der Waals surface area (Å²) >= 11 is 1.69. The summed E-state index contributed by atoms with van der Waals surface area (Å²) in [6, 6.07) is 6.00. The summed E-state index contributed by atoms with van der Waals surface area (Å²) in [5.41, 5.74) is 12.7. The van der Waals surface area contributed by atoms with Crippen LogP contribution in [0.25, 0.3) is 10.2 Å². The first-order valence-corrected chi connectivity index (χ1v) is 10.9. The highest BCUT2D eigenvalue weighted by atomic mass is 32.1. The predicted octanol–water partition coefficient (Wildman–Crippen LogP) is 3.13. The summed E-state index contributed by atoms with van der Waals surface area (Å²) in [4.78, 5) is 26.3. The number of carbonyl (C=O) groups excluding carboxylic acids is 2. The fourth-order valence-electron chi connectivity index (χ4n) is 2.67. The van der Waals surface area contributed by atoms with Crippen LogP contribution in [0.15, 0.2) is 18.2 Å². The van der Waals surface area contributed by atoms with E-state index in [9.17, 15) is 9.59 Å². The molecule has 1 aromatic carbocycles. The number of nitrogens with zero attached hydrogens (tertiary/aromatic N) is 1. The van der Waals surface area contributed by atoms with Crippen LogP contribution in [0, 0.1) is 5.92 Å². The summed E-state index contributed by atoms with van der Waals surface area (Å²) in [6.45, 7) is 9.11. The van der Waals surface area contributed by atoms with Crippen LogP contribution >= 0.6 is 11.3 Å². The molecule has 1 heterocycles. The largest absolute Gasteiger partial charge is 0.352 e. The number of aromatic nitrogens is 1. The quantitative estimate of drug-likeness (QED) is 0.523. The van der Waals surface area contributed by atoms with Gasteiger partial charge >= 0.3 is 6.03 Å². The maximum Gasteiger partial charge on any atom is 0.311 e. The molecule has 0 radical (unpaired) electrons. The zero-order valence-corrected chi connectivity index (χ0v) is 18.9. The van der Waals surface area contributed by atoms with E-state index in [1.165, 1.54) is 17.3 Å². The summed E-state index contributed by atoms with van der Waals surface area (Å²) in [5, 5.41) is 6.25. The molecule has 29 heavy (non-hydrogen) atoms. The molecule has 0 fully saturated rings. The fourth-order valence-corrected chi connectivity index (χ4v) is 3.69. The average Bonchev–Trinajstić information content (AvgIpc) is 3.12. The van der Waals surface area contributed by atoms with Crippen molar-refractivity contribution in [2.75, 3.05) is 13.6 Å². The second kappa shape index (κ2) is 12.4. The first-order valence-electron chi connectivity index (χ1n) is 10.1. The minimum atomic E-state index is -0.495. The molecule has 3 amide bonds. The Morgan fingerprint density at radius 2 is 1.90 bits per heavy atom. The molecule has 0 bridgehead atoms. The first kappa shape index (κ1) is 24.8. The molecule has 0 aliphatic heterocycles. The number of rotatable bonds is 8. The third kappa shape index (κ3) is 8.37. The fraction of sp³-hybridized carbons (Fsp3) is 0.571. The van der Waals surface area contributed by atoms with Crippen LogP contribution in [0.3, 0.4) is 0 Å². The Kier molecular flexibility index (Phi) is 10.6. The highest BCUT2D eigenvalue weighted by Gasteiger charge is 2.17. The smallest absolute Gasteiger partial charge is 0.311 e. The Balaban J connectivity index is 0.000000749. The number of amides is 3. The molecule has 162 valence electrons. The van der Waals surface area contributed by atoms with Crippen LogP contribution in [0.2, 0.25) is 0 Å². The molecule has 2 rings (SSSR count). The number of nitrogens with two attached hydrogens (primary N) is 2. The normalized spacial score (nSPS) is 12.8. The van der Waals surface area contributed by atoms with Crippen LogP contribution in [-0.2, 0) is 11.2 Å². The number of primary amides is 1. The number of hydrogen-bond acceptors (Lipinski definition) is 5. The van der Waals surface area contributed by atoms with E-state index in [4.69, 9.17) is 5.73 Å². The Morgan fingerprint density at radius 3 is 2.41 bits per heavy atom. The van der Waals surface area contributed by atoms with E-state index in [-0.39, 0.29) is 11.9 Å². The van der Waals surface area contributed by atoms with Crippen LogP contribution in [0.1, 0.15) is 57.0 Å². The van der Waals surface area contributed by atoms with E-state index < -0.39 is 6.03 Å². The van der Waals surface area contributed by atoms with Crippen molar-refractivity contribution in [2.45, 2.75) is 58.9 Å². The summed E-state index contributed by atoms with van der Waals surface area (Å²) in [5.74, 6) is 0.975. The van der Waals surface area contributed by atoms with Crippen molar-refractivity contribution in [1.82, 2.24) is 15.6 Å². The standard InChI is InChI=1S/C19H29N3OS.C2H6N2O/c1-5-13(4)16(11-20)21-18(23)8-9-19-22-15-7-6-14(12(2)3)10-17(15)24-19;1-4-2(3)5/h6-7,10,12-13,16H,5,8-9,11,20H2,1-4H3,(H,21,23);1H3,(H3,3,4,5). The van der Waals surface area contributed by atoms with Gasteiger partial charge in [0.05, 0.1) is 15.2 Å². The third-order valence-corrected chi connectivity index (χ3v) is 5.94. The van der Waals surface area contributed by atoms with Gasteiger partial charge in [0.1, 0.15) is 0 Å². The number of hydrogen-bond donors (Lipinski definition) is 4. The van der Waals surface area contributed by atoms with Crippen LogP contribution in [0.5, 0.6) is 0 Å². The Bertz CT molecular complexity index is 790. The molecule has 0 aliphatic carbocycles. The van der Waals surface area contributed by atoms with Gasteiger partial charge in [-0.15, -0.1) is 11.3 Å². The van der Waals surface area contributed by atoms with Crippen molar-refractivity contribution in [3.05, 3.63) is 28.8 Å². The second-order valence-electron chi connectivity index (χ2n) is 7.40. The van der Waals surface area contributed by atoms with Gasteiger partial charge in [0.15, 0.2) is 0 Å².